The fourth-order valence-electron chi connectivity index (χ4n) is 1.36. The van der Waals surface area contributed by atoms with Gasteiger partial charge in [-0.15, -0.1) is 0 Å². The normalized spacial score (nSPS) is 10.4. The topological polar surface area (TPSA) is 90.7 Å². The Morgan fingerprint density at radius 1 is 1.31 bits per heavy atom. The summed E-state index contributed by atoms with van der Waals surface area (Å²) in [5.74, 6) is 0.939. The maximum atomic E-state index is 5.75. The van der Waals surface area contributed by atoms with Gasteiger partial charge in [0.15, 0.2) is 5.82 Å². The van der Waals surface area contributed by atoms with Gasteiger partial charge in [-0.2, -0.15) is 0 Å². The highest BCUT2D eigenvalue weighted by molar-refractivity contribution is 5.53. The SMILES string of the molecule is Cc1ccnc(-c2ncc(CN)c(N)n2)c1. The van der Waals surface area contributed by atoms with E-state index in [1.165, 1.54) is 0 Å². The van der Waals surface area contributed by atoms with Crippen LogP contribution < -0.4 is 11.5 Å². The lowest BCUT2D eigenvalue weighted by molar-refractivity contribution is 1.01. The summed E-state index contributed by atoms with van der Waals surface area (Å²) in [6.45, 7) is 2.33. The van der Waals surface area contributed by atoms with Gasteiger partial charge in [-0.05, 0) is 24.6 Å². The minimum Gasteiger partial charge on any atom is -0.383 e. The predicted molar refractivity (Wildman–Crippen MR) is 62.3 cm³/mol. The molecule has 82 valence electrons. The first-order chi connectivity index (χ1) is 7.70. The Morgan fingerprint density at radius 3 is 2.75 bits per heavy atom. The molecule has 2 heterocycles. The largest absolute Gasteiger partial charge is 0.383 e. The molecule has 16 heavy (non-hydrogen) atoms. The van der Waals surface area contributed by atoms with Crippen LogP contribution >= 0.6 is 0 Å². The molecule has 0 aliphatic heterocycles. The Labute approximate surface area is 93.6 Å². The Hall–Kier alpha value is -2.01. The zero-order valence-corrected chi connectivity index (χ0v) is 9.01. The van der Waals surface area contributed by atoms with Crippen LogP contribution in [0.2, 0.25) is 0 Å². The van der Waals surface area contributed by atoms with E-state index >= 15 is 0 Å². The summed E-state index contributed by atoms with van der Waals surface area (Å²) in [6.07, 6.45) is 3.36. The number of nitrogens with two attached hydrogens (primary N) is 2. The van der Waals surface area contributed by atoms with Crippen molar-refractivity contribution >= 4 is 5.82 Å². The van der Waals surface area contributed by atoms with E-state index in [0.717, 1.165) is 16.8 Å². The third-order valence-corrected chi connectivity index (χ3v) is 2.26. The van der Waals surface area contributed by atoms with Crippen LogP contribution in [0.25, 0.3) is 11.5 Å². The Bertz CT molecular complexity index is 509. The molecule has 2 aromatic heterocycles. The second-order valence-corrected chi connectivity index (χ2v) is 3.53. The molecule has 0 atom stereocenters. The molecule has 0 saturated heterocycles. The average Bonchev–Trinajstić information content (AvgIpc) is 2.29. The van der Waals surface area contributed by atoms with Crippen molar-refractivity contribution in [2.24, 2.45) is 5.73 Å². The molecule has 0 bridgehead atoms. The second-order valence-electron chi connectivity index (χ2n) is 3.53. The molecule has 0 amide bonds. The summed E-state index contributed by atoms with van der Waals surface area (Å²) in [5.41, 5.74) is 13.8. The van der Waals surface area contributed by atoms with Crippen LogP contribution in [0.5, 0.6) is 0 Å². The van der Waals surface area contributed by atoms with E-state index in [1.807, 2.05) is 19.1 Å². The van der Waals surface area contributed by atoms with E-state index < -0.39 is 0 Å². The Morgan fingerprint density at radius 2 is 2.12 bits per heavy atom. The molecule has 0 radical (unpaired) electrons. The molecular formula is C11H13N5. The van der Waals surface area contributed by atoms with Gasteiger partial charge < -0.3 is 11.5 Å². The maximum absolute atomic E-state index is 5.75. The van der Waals surface area contributed by atoms with Crippen LogP contribution in [0.15, 0.2) is 24.5 Å². The monoisotopic (exact) mass is 215 g/mol. The number of nitrogen functional groups attached to an aromatic ring is 1. The van der Waals surface area contributed by atoms with Gasteiger partial charge in [0.05, 0.1) is 0 Å². The molecule has 2 rings (SSSR count). The maximum Gasteiger partial charge on any atom is 0.180 e. The predicted octanol–water partition coefficient (Wildman–Crippen LogP) is 0.888. The quantitative estimate of drug-likeness (QED) is 0.776. The molecule has 0 fully saturated rings. The molecule has 0 unspecified atom stereocenters. The first-order valence-electron chi connectivity index (χ1n) is 4.95. The minimum absolute atomic E-state index is 0.341. The van der Waals surface area contributed by atoms with E-state index in [0.29, 0.717) is 18.2 Å². The zero-order valence-electron chi connectivity index (χ0n) is 9.01. The van der Waals surface area contributed by atoms with Gasteiger partial charge in [-0.25, -0.2) is 9.97 Å². The number of pyridine rings is 1. The molecule has 0 aliphatic rings. The zero-order chi connectivity index (χ0) is 11.5. The molecule has 5 nitrogen and oxygen atoms in total. The van der Waals surface area contributed by atoms with E-state index in [1.54, 1.807) is 12.4 Å². The number of nitrogens with zero attached hydrogens (tertiary/aromatic N) is 3. The smallest absolute Gasteiger partial charge is 0.180 e. The molecule has 0 spiro atoms. The van der Waals surface area contributed by atoms with Crippen molar-refractivity contribution in [1.29, 1.82) is 0 Å². The fraction of sp³-hybridized carbons (Fsp3) is 0.182. The van der Waals surface area contributed by atoms with Crippen LogP contribution in [0.3, 0.4) is 0 Å². The first kappa shape index (κ1) is 10.5. The van der Waals surface area contributed by atoms with Crippen molar-refractivity contribution in [2.75, 3.05) is 5.73 Å². The van der Waals surface area contributed by atoms with Crippen molar-refractivity contribution in [3.05, 3.63) is 35.7 Å². The summed E-state index contributed by atoms with van der Waals surface area (Å²) in [5, 5.41) is 0. The number of hydrogen-bond acceptors (Lipinski definition) is 5. The molecule has 5 heteroatoms. The second kappa shape index (κ2) is 4.24. The number of aryl methyl sites for hydroxylation is 1. The van der Waals surface area contributed by atoms with Crippen molar-refractivity contribution in [3.8, 4) is 11.5 Å². The van der Waals surface area contributed by atoms with Gasteiger partial charge in [0.1, 0.15) is 11.5 Å². The van der Waals surface area contributed by atoms with E-state index in [-0.39, 0.29) is 0 Å². The van der Waals surface area contributed by atoms with Crippen LogP contribution in [-0.2, 0) is 6.54 Å². The van der Waals surface area contributed by atoms with Gasteiger partial charge in [-0.3, -0.25) is 4.98 Å². The molecule has 0 aromatic carbocycles. The minimum atomic E-state index is 0.341. The van der Waals surface area contributed by atoms with E-state index in [4.69, 9.17) is 11.5 Å². The lowest BCUT2D eigenvalue weighted by Gasteiger charge is -2.04. The number of anilines is 1. The van der Waals surface area contributed by atoms with Crippen molar-refractivity contribution in [1.82, 2.24) is 15.0 Å². The van der Waals surface area contributed by atoms with Crippen LogP contribution in [0.4, 0.5) is 5.82 Å². The molecule has 0 saturated carbocycles. The summed E-state index contributed by atoms with van der Waals surface area (Å²) in [6, 6.07) is 3.83. The molecular weight excluding hydrogens is 202 g/mol. The van der Waals surface area contributed by atoms with Gasteiger partial charge in [-0.1, -0.05) is 0 Å². The van der Waals surface area contributed by atoms with Crippen molar-refractivity contribution in [2.45, 2.75) is 13.5 Å². The molecule has 2 aromatic rings. The summed E-state index contributed by atoms with van der Waals surface area (Å²) >= 11 is 0. The van der Waals surface area contributed by atoms with E-state index in [2.05, 4.69) is 15.0 Å². The third-order valence-electron chi connectivity index (χ3n) is 2.26. The Kier molecular flexibility index (Phi) is 2.78. The lowest BCUT2D eigenvalue weighted by atomic mass is 10.2. The molecule has 0 aliphatic carbocycles. The van der Waals surface area contributed by atoms with Gasteiger partial charge in [0, 0.05) is 24.5 Å². The Balaban J connectivity index is 2.45. The van der Waals surface area contributed by atoms with Crippen molar-refractivity contribution in [3.63, 3.8) is 0 Å². The fourth-order valence-corrected chi connectivity index (χ4v) is 1.36. The number of rotatable bonds is 2. The first-order valence-corrected chi connectivity index (χ1v) is 4.95. The summed E-state index contributed by atoms with van der Waals surface area (Å²) < 4.78 is 0. The van der Waals surface area contributed by atoms with Crippen LogP contribution in [0.1, 0.15) is 11.1 Å². The number of hydrogen-bond donors (Lipinski definition) is 2. The lowest BCUT2D eigenvalue weighted by Crippen LogP contribution is -2.06. The summed E-state index contributed by atoms with van der Waals surface area (Å²) in [4.78, 5) is 12.6. The summed E-state index contributed by atoms with van der Waals surface area (Å²) in [7, 11) is 0. The van der Waals surface area contributed by atoms with Crippen LogP contribution in [-0.4, -0.2) is 15.0 Å². The standard InChI is InChI=1S/C11H13N5/c1-7-2-3-14-9(4-7)11-15-6-8(5-12)10(13)16-11/h2-4,6H,5,12H2,1H3,(H2,13,15,16). The third kappa shape index (κ3) is 1.99. The molecule has 4 N–H and O–H groups in total. The highest BCUT2D eigenvalue weighted by atomic mass is 15.0. The highest BCUT2D eigenvalue weighted by Gasteiger charge is 2.06. The highest BCUT2D eigenvalue weighted by Crippen LogP contribution is 2.15. The number of aromatic nitrogens is 3. The van der Waals surface area contributed by atoms with Gasteiger partial charge >= 0.3 is 0 Å². The van der Waals surface area contributed by atoms with Crippen LogP contribution in [0, 0.1) is 6.92 Å². The van der Waals surface area contributed by atoms with Crippen molar-refractivity contribution < 1.29 is 0 Å². The van der Waals surface area contributed by atoms with Gasteiger partial charge in [0.25, 0.3) is 0 Å². The van der Waals surface area contributed by atoms with Gasteiger partial charge in [0.2, 0.25) is 0 Å². The average molecular weight is 215 g/mol. The van der Waals surface area contributed by atoms with E-state index in [9.17, 15) is 0 Å².